The van der Waals surface area contributed by atoms with Crippen LogP contribution >= 0.6 is 12.2 Å². The van der Waals surface area contributed by atoms with Crippen LogP contribution in [-0.4, -0.2) is 10.7 Å². The molecule has 0 amide bonds. The van der Waals surface area contributed by atoms with E-state index in [-0.39, 0.29) is 5.54 Å². The molecule has 1 nitrogen and oxygen atoms in total. The Morgan fingerprint density at radius 2 is 2.17 bits per heavy atom. The third-order valence-corrected chi connectivity index (χ3v) is 5.32. The molecule has 2 aliphatic carbocycles. The topological polar surface area (TPSA) is 12.4 Å². The standard InChI is InChI=1S/C16H25NS/c1-11(2)13-7-8-16(4,17-10-18)15-6-5-12(3)9-14(13)15/h9,11,13-15H,5-8H2,1-4H3/t13-,14-,15+,16+/m0/s1. The molecule has 0 unspecified atom stereocenters. The summed E-state index contributed by atoms with van der Waals surface area (Å²) >= 11 is 4.87. The molecule has 2 aliphatic rings. The molecule has 0 aromatic heterocycles. The van der Waals surface area contributed by atoms with Crippen molar-refractivity contribution in [3.05, 3.63) is 11.6 Å². The molecule has 0 saturated heterocycles. The van der Waals surface area contributed by atoms with Gasteiger partial charge in [-0.3, -0.25) is 0 Å². The van der Waals surface area contributed by atoms with Crippen LogP contribution in [0.2, 0.25) is 0 Å². The van der Waals surface area contributed by atoms with Crippen molar-refractivity contribution in [3.63, 3.8) is 0 Å². The molecule has 0 aromatic rings. The molecule has 2 rings (SSSR count). The summed E-state index contributed by atoms with van der Waals surface area (Å²) in [6.45, 7) is 9.30. The Labute approximate surface area is 117 Å². The highest BCUT2D eigenvalue weighted by Gasteiger charge is 2.47. The van der Waals surface area contributed by atoms with Crippen molar-refractivity contribution in [3.8, 4) is 0 Å². The van der Waals surface area contributed by atoms with Crippen LogP contribution in [0.25, 0.3) is 0 Å². The lowest BCUT2D eigenvalue weighted by molar-refractivity contribution is 0.0685. The number of allylic oxidation sites excluding steroid dienone is 2. The van der Waals surface area contributed by atoms with E-state index in [9.17, 15) is 0 Å². The maximum atomic E-state index is 4.87. The fourth-order valence-corrected chi connectivity index (χ4v) is 4.32. The van der Waals surface area contributed by atoms with E-state index in [1.54, 1.807) is 5.57 Å². The first kappa shape index (κ1) is 14.0. The third-order valence-electron chi connectivity index (χ3n) is 5.23. The van der Waals surface area contributed by atoms with Crippen LogP contribution in [0, 0.1) is 23.7 Å². The second-order valence-corrected chi connectivity index (χ2v) is 6.92. The van der Waals surface area contributed by atoms with Gasteiger partial charge in [-0.05, 0) is 75.4 Å². The molecule has 0 aliphatic heterocycles. The monoisotopic (exact) mass is 263 g/mol. The Bertz CT molecular complexity index is 392. The summed E-state index contributed by atoms with van der Waals surface area (Å²) in [6, 6.07) is 0. The Hall–Kier alpha value is -0.460. The first-order chi connectivity index (χ1) is 8.48. The number of hydrogen-bond donors (Lipinski definition) is 0. The van der Waals surface area contributed by atoms with Gasteiger partial charge < -0.3 is 0 Å². The summed E-state index contributed by atoms with van der Waals surface area (Å²) in [7, 11) is 0. The fourth-order valence-electron chi connectivity index (χ4n) is 4.11. The Kier molecular flexibility index (Phi) is 4.08. The summed E-state index contributed by atoms with van der Waals surface area (Å²) in [6.07, 6.45) is 7.49. The predicted octanol–water partition coefficient (Wildman–Crippen LogP) is 4.89. The van der Waals surface area contributed by atoms with Crippen LogP contribution in [-0.2, 0) is 0 Å². The van der Waals surface area contributed by atoms with Crippen LogP contribution in [0.4, 0.5) is 0 Å². The molecule has 0 spiro atoms. The minimum atomic E-state index is 0.0367. The van der Waals surface area contributed by atoms with Gasteiger partial charge in [0.2, 0.25) is 0 Å². The van der Waals surface area contributed by atoms with Crippen molar-refractivity contribution >= 4 is 17.4 Å². The summed E-state index contributed by atoms with van der Waals surface area (Å²) in [5, 5.41) is 2.65. The molecule has 0 bridgehead atoms. The maximum Gasteiger partial charge on any atom is 0.0716 e. The van der Waals surface area contributed by atoms with Gasteiger partial charge in [-0.1, -0.05) is 25.5 Å². The van der Waals surface area contributed by atoms with E-state index in [2.05, 4.69) is 43.9 Å². The van der Waals surface area contributed by atoms with Crippen molar-refractivity contribution in [2.24, 2.45) is 28.7 Å². The van der Waals surface area contributed by atoms with Crippen LogP contribution in [0.3, 0.4) is 0 Å². The first-order valence-corrected chi connectivity index (χ1v) is 7.65. The molecule has 0 heterocycles. The molecule has 0 radical (unpaired) electrons. The van der Waals surface area contributed by atoms with E-state index in [1.165, 1.54) is 25.7 Å². The number of rotatable bonds is 2. The third kappa shape index (κ3) is 2.46. The van der Waals surface area contributed by atoms with Crippen molar-refractivity contribution in [1.82, 2.24) is 0 Å². The lowest BCUT2D eigenvalue weighted by atomic mass is 9.57. The van der Waals surface area contributed by atoms with Gasteiger partial charge in [0, 0.05) is 0 Å². The second-order valence-electron chi connectivity index (χ2n) is 6.74. The van der Waals surface area contributed by atoms with Crippen molar-refractivity contribution in [1.29, 1.82) is 0 Å². The molecule has 2 heteroatoms. The smallest absolute Gasteiger partial charge is 0.0716 e. The van der Waals surface area contributed by atoms with Gasteiger partial charge in [-0.25, -0.2) is 4.99 Å². The van der Waals surface area contributed by atoms with E-state index in [0.717, 1.165) is 11.8 Å². The number of thiocarbonyl (C=S) groups is 1. The average molecular weight is 263 g/mol. The lowest BCUT2D eigenvalue weighted by Crippen LogP contribution is -2.47. The molecule has 1 saturated carbocycles. The molecule has 18 heavy (non-hydrogen) atoms. The Balaban J connectivity index is 2.34. The van der Waals surface area contributed by atoms with Gasteiger partial charge in [0.05, 0.1) is 10.7 Å². The number of nitrogens with zero attached hydrogens (tertiary/aromatic N) is 1. The number of fused-ring (bicyclic) bond motifs is 1. The first-order valence-electron chi connectivity index (χ1n) is 7.24. The molecule has 4 atom stereocenters. The minimum Gasteiger partial charge on any atom is -0.226 e. The zero-order valence-electron chi connectivity index (χ0n) is 12.1. The van der Waals surface area contributed by atoms with E-state index >= 15 is 0 Å². The normalized spacial score (nSPS) is 39.8. The van der Waals surface area contributed by atoms with Gasteiger partial charge in [0.15, 0.2) is 0 Å². The summed E-state index contributed by atoms with van der Waals surface area (Å²) in [5.41, 5.74) is 1.60. The minimum absolute atomic E-state index is 0.0367. The molecular weight excluding hydrogens is 238 g/mol. The molecule has 100 valence electrons. The second kappa shape index (κ2) is 5.27. The number of hydrogen-bond acceptors (Lipinski definition) is 2. The number of aliphatic imine (C=N–C) groups is 1. The highest BCUT2D eigenvalue weighted by Crippen LogP contribution is 2.51. The maximum absolute atomic E-state index is 4.87. The van der Waals surface area contributed by atoms with E-state index in [0.29, 0.717) is 11.8 Å². The van der Waals surface area contributed by atoms with Crippen LogP contribution < -0.4 is 0 Å². The Morgan fingerprint density at radius 3 is 2.78 bits per heavy atom. The Morgan fingerprint density at radius 1 is 1.44 bits per heavy atom. The van der Waals surface area contributed by atoms with Crippen molar-refractivity contribution in [2.75, 3.05) is 0 Å². The van der Waals surface area contributed by atoms with Gasteiger partial charge >= 0.3 is 0 Å². The van der Waals surface area contributed by atoms with Crippen LogP contribution in [0.15, 0.2) is 16.6 Å². The zero-order valence-corrected chi connectivity index (χ0v) is 12.9. The van der Waals surface area contributed by atoms with Gasteiger partial charge in [-0.15, -0.1) is 0 Å². The molecular formula is C16H25NS. The van der Waals surface area contributed by atoms with Gasteiger partial charge in [0.1, 0.15) is 0 Å². The summed E-state index contributed by atoms with van der Waals surface area (Å²) < 4.78 is 0. The average Bonchev–Trinajstić information content (AvgIpc) is 2.28. The quantitative estimate of drug-likeness (QED) is 0.393. The summed E-state index contributed by atoms with van der Waals surface area (Å²) in [4.78, 5) is 4.55. The highest BCUT2D eigenvalue weighted by molar-refractivity contribution is 7.78. The number of isothiocyanates is 1. The van der Waals surface area contributed by atoms with Gasteiger partial charge in [-0.2, -0.15) is 0 Å². The predicted molar refractivity (Wildman–Crippen MR) is 81.0 cm³/mol. The SMILES string of the molecule is CC1=C[C@@H]2[C@@H](CC1)[C@](C)(N=C=S)CC[C@H]2C(C)C. The largest absolute Gasteiger partial charge is 0.226 e. The summed E-state index contributed by atoms with van der Waals surface area (Å²) in [5.74, 6) is 2.95. The molecule has 0 aromatic carbocycles. The van der Waals surface area contributed by atoms with Crippen molar-refractivity contribution < 1.29 is 0 Å². The molecule has 0 N–H and O–H groups in total. The van der Waals surface area contributed by atoms with Gasteiger partial charge in [0.25, 0.3) is 0 Å². The van der Waals surface area contributed by atoms with E-state index in [4.69, 9.17) is 12.2 Å². The molecule has 1 fully saturated rings. The lowest BCUT2D eigenvalue weighted by Gasteiger charge is -2.49. The van der Waals surface area contributed by atoms with Crippen LogP contribution in [0.1, 0.15) is 53.4 Å². The van der Waals surface area contributed by atoms with Crippen molar-refractivity contribution in [2.45, 2.75) is 58.9 Å². The van der Waals surface area contributed by atoms with E-state index < -0.39 is 0 Å². The highest BCUT2D eigenvalue weighted by atomic mass is 32.1. The fraction of sp³-hybridized carbons (Fsp3) is 0.812. The van der Waals surface area contributed by atoms with Crippen LogP contribution in [0.5, 0.6) is 0 Å². The van der Waals surface area contributed by atoms with E-state index in [1.807, 2.05) is 0 Å². The zero-order chi connectivity index (χ0) is 13.3.